The van der Waals surface area contributed by atoms with E-state index in [2.05, 4.69) is 0 Å². The van der Waals surface area contributed by atoms with Crippen molar-refractivity contribution in [3.63, 3.8) is 0 Å². The molecule has 0 saturated heterocycles. The third-order valence-electron chi connectivity index (χ3n) is 3.84. The molecule has 2 aromatic rings. The van der Waals surface area contributed by atoms with Crippen molar-refractivity contribution in [2.45, 2.75) is 12.8 Å². The predicted octanol–water partition coefficient (Wildman–Crippen LogP) is 1.47. The molecule has 0 atom stereocenters. The second-order valence-electron chi connectivity index (χ2n) is 5.67. The Morgan fingerprint density at radius 2 is 1.00 bits per heavy atom. The first-order chi connectivity index (χ1) is 11.4. The fraction of sp³-hybridized carbons (Fsp3) is 0.222. The smallest absolute Gasteiger partial charge is 0.245 e. The molecule has 0 aromatic heterocycles. The zero-order valence-corrected chi connectivity index (χ0v) is 13.9. The third kappa shape index (κ3) is 4.49. The topological polar surface area (TPSA) is 92.7 Å². The number of rotatable bonds is 4. The Bertz CT molecular complexity index is 647. The van der Waals surface area contributed by atoms with Crippen LogP contribution in [0, 0.1) is 0 Å². The number of hydrogen-bond donors (Lipinski definition) is 2. The Balaban J connectivity index is 1.95. The number of nitrogens with zero attached hydrogens (tertiary/aromatic N) is 2. The fourth-order valence-electron chi connectivity index (χ4n) is 2.18. The van der Waals surface area contributed by atoms with E-state index in [0.29, 0.717) is 11.4 Å². The van der Waals surface area contributed by atoms with Gasteiger partial charge in [0.25, 0.3) is 0 Å². The van der Waals surface area contributed by atoms with Crippen molar-refractivity contribution >= 4 is 23.2 Å². The van der Waals surface area contributed by atoms with Gasteiger partial charge in [0.2, 0.25) is 11.8 Å². The van der Waals surface area contributed by atoms with Crippen molar-refractivity contribution in [2.75, 3.05) is 25.6 Å². The summed E-state index contributed by atoms with van der Waals surface area (Å²) in [6, 6.07) is 14.2. The maximum absolute atomic E-state index is 12.3. The average Bonchev–Trinajstić information content (AvgIpc) is 2.57. The molecule has 0 saturated carbocycles. The maximum atomic E-state index is 12.3. The minimum atomic E-state index is -0.173. The Kier molecular flexibility index (Phi) is 5.42. The van der Waals surface area contributed by atoms with Crippen LogP contribution in [0.15, 0.2) is 48.5 Å². The van der Waals surface area contributed by atoms with Crippen LogP contribution in [0.1, 0.15) is 11.1 Å². The molecule has 4 N–H and O–H groups in total. The average molecular weight is 326 g/mol. The van der Waals surface area contributed by atoms with Crippen molar-refractivity contribution in [3.05, 3.63) is 59.7 Å². The lowest BCUT2D eigenvalue weighted by molar-refractivity contribution is -0.157. The van der Waals surface area contributed by atoms with Crippen LogP contribution in [0.3, 0.4) is 0 Å². The molecular formula is C18H22N4O2. The van der Waals surface area contributed by atoms with Gasteiger partial charge in [-0.1, -0.05) is 24.3 Å². The molecule has 0 spiro atoms. The van der Waals surface area contributed by atoms with Crippen LogP contribution in [-0.2, 0) is 22.4 Å². The molecule has 2 rings (SSSR count). The van der Waals surface area contributed by atoms with Gasteiger partial charge in [0.05, 0.1) is 12.8 Å². The van der Waals surface area contributed by atoms with E-state index in [0.717, 1.165) is 11.1 Å². The van der Waals surface area contributed by atoms with Gasteiger partial charge in [0.15, 0.2) is 0 Å². The van der Waals surface area contributed by atoms with E-state index in [9.17, 15) is 9.59 Å². The molecule has 0 aliphatic carbocycles. The summed E-state index contributed by atoms with van der Waals surface area (Å²) in [7, 11) is 3.17. The number of nitrogen functional groups attached to an aromatic ring is 2. The second-order valence-corrected chi connectivity index (χ2v) is 5.67. The quantitative estimate of drug-likeness (QED) is 0.657. The molecule has 0 bridgehead atoms. The largest absolute Gasteiger partial charge is 0.399 e. The number of carbonyl (C=O) groups is 2. The molecule has 0 fully saturated rings. The van der Waals surface area contributed by atoms with Crippen LogP contribution < -0.4 is 11.5 Å². The highest BCUT2D eigenvalue weighted by Crippen LogP contribution is 2.10. The zero-order valence-electron chi connectivity index (χ0n) is 13.9. The first-order valence-corrected chi connectivity index (χ1v) is 7.58. The summed E-state index contributed by atoms with van der Waals surface area (Å²) in [5, 5.41) is 2.66. The van der Waals surface area contributed by atoms with Crippen LogP contribution in [0.5, 0.6) is 0 Å². The van der Waals surface area contributed by atoms with E-state index >= 15 is 0 Å². The van der Waals surface area contributed by atoms with Gasteiger partial charge in [-0.2, -0.15) is 0 Å². The van der Waals surface area contributed by atoms with Gasteiger partial charge in [0.1, 0.15) is 0 Å². The minimum absolute atomic E-state index is 0.173. The van der Waals surface area contributed by atoms with Crippen LogP contribution in [-0.4, -0.2) is 35.9 Å². The van der Waals surface area contributed by atoms with Gasteiger partial charge in [-0.15, -0.1) is 0 Å². The molecule has 2 amide bonds. The summed E-state index contributed by atoms with van der Waals surface area (Å²) in [4.78, 5) is 24.6. The highest BCUT2D eigenvalue weighted by atomic mass is 16.2. The van der Waals surface area contributed by atoms with Crippen molar-refractivity contribution in [1.82, 2.24) is 10.0 Å². The van der Waals surface area contributed by atoms with E-state index in [4.69, 9.17) is 11.5 Å². The standard InChI is InChI=1S/C18H22N4O2/c1-21(17(23)11-13-3-7-15(19)8-4-13)22(2)18(24)12-14-5-9-16(20)10-6-14/h3-10H,11-12,19-20H2,1-2H3. The monoisotopic (exact) mass is 326 g/mol. The van der Waals surface area contributed by atoms with Gasteiger partial charge in [-0.3, -0.25) is 19.6 Å². The summed E-state index contributed by atoms with van der Waals surface area (Å²) in [6.45, 7) is 0. The number of amides is 2. The minimum Gasteiger partial charge on any atom is -0.399 e. The predicted molar refractivity (Wildman–Crippen MR) is 94.7 cm³/mol. The van der Waals surface area contributed by atoms with Gasteiger partial charge >= 0.3 is 0 Å². The lowest BCUT2D eigenvalue weighted by atomic mass is 10.1. The van der Waals surface area contributed by atoms with Crippen LogP contribution in [0.4, 0.5) is 11.4 Å². The highest BCUT2D eigenvalue weighted by molar-refractivity contribution is 5.84. The highest BCUT2D eigenvalue weighted by Gasteiger charge is 2.19. The SMILES string of the molecule is CN(C(=O)Cc1ccc(N)cc1)N(C)C(=O)Cc1ccc(N)cc1. The van der Waals surface area contributed by atoms with Gasteiger partial charge in [0, 0.05) is 25.5 Å². The van der Waals surface area contributed by atoms with Crippen molar-refractivity contribution in [2.24, 2.45) is 0 Å². The van der Waals surface area contributed by atoms with E-state index in [-0.39, 0.29) is 24.7 Å². The molecule has 24 heavy (non-hydrogen) atoms. The van der Waals surface area contributed by atoms with Crippen LogP contribution in [0.2, 0.25) is 0 Å². The molecule has 0 aliphatic rings. The fourth-order valence-corrected chi connectivity index (χ4v) is 2.18. The molecule has 0 unspecified atom stereocenters. The number of anilines is 2. The number of hydrazine groups is 1. The Hall–Kier alpha value is -3.02. The lowest BCUT2D eigenvalue weighted by Crippen LogP contribution is -2.46. The van der Waals surface area contributed by atoms with Gasteiger partial charge in [-0.25, -0.2) is 0 Å². The number of hydrogen-bond acceptors (Lipinski definition) is 4. The Morgan fingerprint density at radius 1 is 0.708 bits per heavy atom. The first-order valence-electron chi connectivity index (χ1n) is 7.58. The Labute approximate surface area is 141 Å². The maximum Gasteiger partial charge on any atom is 0.245 e. The number of nitrogens with two attached hydrogens (primary N) is 2. The second kappa shape index (κ2) is 7.50. The molecule has 126 valence electrons. The normalized spacial score (nSPS) is 10.2. The number of likely N-dealkylation sites (N-methyl/N-ethyl adjacent to an activating group) is 2. The zero-order chi connectivity index (χ0) is 17.7. The summed E-state index contributed by atoms with van der Waals surface area (Å²) in [5.74, 6) is -0.346. The molecule has 0 aliphatic heterocycles. The van der Waals surface area contributed by atoms with Gasteiger partial charge < -0.3 is 11.5 Å². The molecule has 2 aromatic carbocycles. The summed E-state index contributed by atoms with van der Waals surface area (Å²) in [6.07, 6.45) is 0.409. The van der Waals surface area contributed by atoms with Crippen LogP contribution in [0.25, 0.3) is 0 Å². The van der Waals surface area contributed by atoms with Gasteiger partial charge in [-0.05, 0) is 35.4 Å². The van der Waals surface area contributed by atoms with E-state index < -0.39 is 0 Å². The summed E-state index contributed by atoms with van der Waals surface area (Å²) < 4.78 is 0. The number of benzene rings is 2. The third-order valence-corrected chi connectivity index (χ3v) is 3.84. The van der Waals surface area contributed by atoms with Crippen molar-refractivity contribution in [1.29, 1.82) is 0 Å². The van der Waals surface area contributed by atoms with Crippen LogP contribution >= 0.6 is 0 Å². The van der Waals surface area contributed by atoms with E-state index in [1.807, 2.05) is 0 Å². The molecule has 0 radical (unpaired) electrons. The molecular weight excluding hydrogens is 304 g/mol. The Morgan fingerprint density at radius 3 is 1.29 bits per heavy atom. The number of carbonyl (C=O) groups excluding carboxylic acids is 2. The first kappa shape index (κ1) is 17.3. The molecule has 6 nitrogen and oxygen atoms in total. The summed E-state index contributed by atoms with van der Waals surface area (Å²) >= 11 is 0. The molecule has 6 heteroatoms. The summed E-state index contributed by atoms with van der Waals surface area (Å²) in [5.41, 5.74) is 14.3. The molecule has 0 heterocycles. The lowest BCUT2D eigenvalue weighted by Gasteiger charge is -2.28. The van der Waals surface area contributed by atoms with Crippen molar-refractivity contribution in [3.8, 4) is 0 Å². The van der Waals surface area contributed by atoms with E-state index in [1.54, 1.807) is 62.6 Å². The van der Waals surface area contributed by atoms with Crippen molar-refractivity contribution < 1.29 is 9.59 Å². The van der Waals surface area contributed by atoms with E-state index in [1.165, 1.54) is 10.0 Å².